The number of hydrogen-bond acceptors (Lipinski definition) is 4. The van der Waals surface area contributed by atoms with E-state index < -0.39 is 0 Å². The average Bonchev–Trinajstić information content (AvgIpc) is 3.23. The van der Waals surface area contributed by atoms with Gasteiger partial charge in [0.15, 0.2) is 0 Å². The number of anilines is 2. The van der Waals surface area contributed by atoms with E-state index in [1.54, 1.807) is 4.90 Å². The number of rotatable bonds is 6. The molecule has 2 aliphatic rings. The van der Waals surface area contributed by atoms with Gasteiger partial charge in [0, 0.05) is 50.5 Å². The second-order valence-corrected chi connectivity index (χ2v) is 9.34. The van der Waals surface area contributed by atoms with Crippen LogP contribution >= 0.6 is 0 Å². The number of piperazine rings is 1. The molecule has 2 aliphatic heterocycles. The van der Waals surface area contributed by atoms with Crippen LogP contribution in [-0.2, 0) is 20.8 Å². The van der Waals surface area contributed by atoms with Gasteiger partial charge in [-0.25, -0.2) is 0 Å². The molecule has 1 N–H and O–H groups in total. The van der Waals surface area contributed by atoms with Crippen LogP contribution in [0, 0.1) is 19.8 Å². The van der Waals surface area contributed by atoms with Gasteiger partial charge in [-0.2, -0.15) is 0 Å². The topological polar surface area (TPSA) is 73.0 Å². The van der Waals surface area contributed by atoms with Gasteiger partial charge in [-0.05, 0) is 49.1 Å². The number of para-hydroxylation sites is 1. The van der Waals surface area contributed by atoms with E-state index in [1.165, 1.54) is 5.56 Å². The normalized spacial score (nSPS) is 18.9. The fraction of sp³-hybridized carbons (Fsp3) is 0.444. The van der Waals surface area contributed by atoms with Crippen molar-refractivity contribution in [1.29, 1.82) is 0 Å². The highest BCUT2D eigenvalue weighted by molar-refractivity contribution is 6.00. The smallest absolute Gasteiger partial charge is 0.238 e. The molecule has 180 valence electrons. The van der Waals surface area contributed by atoms with Crippen molar-refractivity contribution >= 4 is 29.1 Å². The van der Waals surface area contributed by atoms with Crippen LogP contribution < -0.4 is 10.2 Å². The van der Waals surface area contributed by atoms with Gasteiger partial charge in [-0.15, -0.1) is 0 Å². The zero-order valence-corrected chi connectivity index (χ0v) is 20.3. The first-order valence-electron chi connectivity index (χ1n) is 12.1. The summed E-state index contributed by atoms with van der Waals surface area (Å²) in [5.74, 6) is -0.300. The molecule has 34 heavy (non-hydrogen) atoms. The quantitative estimate of drug-likeness (QED) is 0.716. The minimum Gasteiger partial charge on any atom is -0.340 e. The summed E-state index contributed by atoms with van der Waals surface area (Å²) >= 11 is 0. The summed E-state index contributed by atoms with van der Waals surface area (Å²) in [6.45, 7) is 9.26. The predicted octanol–water partition coefficient (Wildman–Crippen LogP) is 3.00. The minimum absolute atomic E-state index is 0.00408. The van der Waals surface area contributed by atoms with Crippen molar-refractivity contribution in [3.05, 3.63) is 59.2 Å². The molecule has 0 aromatic heterocycles. The first-order valence-corrected chi connectivity index (χ1v) is 12.1. The van der Waals surface area contributed by atoms with Crippen LogP contribution in [0.25, 0.3) is 0 Å². The van der Waals surface area contributed by atoms with Crippen LogP contribution in [-0.4, -0.2) is 66.8 Å². The van der Waals surface area contributed by atoms with E-state index in [-0.39, 0.29) is 30.1 Å². The number of hydrogen-bond donors (Lipinski definition) is 1. The Hall–Kier alpha value is -3.19. The second kappa shape index (κ2) is 10.4. The molecule has 2 saturated heterocycles. The summed E-state index contributed by atoms with van der Waals surface area (Å²) in [6.07, 6.45) is 1.21. The van der Waals surface area contributed by atoms with Crippen LogP contribution in [0.15, 0.2) is 42.5 Å². The molecular weight excluding hydrogens is 428 g/mol. The highest BCUT2D eigenvalue weighted by Crippen LogP contribution is 2.27. The Morgan fingerprint density at radius 3 is 2.24 bits per heavy atom. The lowest BCUT2D eigenvalue weighted by Gasteiger charge is -2.35. The summed E-state index contributed by atoms with van der Waals surface area (Å²) in [5, 5.41) is 3.03. The molecule has 0 spiro atoms. The standard InChI is InChI=1S/C27H34N4O3/c1-4-21-8-10-23(11-9-21)31-17-22(16-25(31)33)27(34)30-14-12-29(13-15-30)18-24(32)28-26-19(2)6-5-7-20(26)3/h5-11,22H,4,12-18H2,1-3H3,(H,28,32). The number of nitrogens with zero attached hydrogens (tertiary/aromatic N) is 3. The highest BCUT2D eigenvalue weighted by atomic mass is 16.2. The van der Waals surface area contributed by atoms with Crippen molar-refractivity contribution in [2.24, 2.45) is 5.92 Å². The van der Waals surface area contributed by atoms with Crippen molar-refractivity contribution < 1.29 is 14.4 Å². The van der Waals surface area contributed by atoms with E-state index in [4.69, 9.17) is 0 Å². The predicted molar refractivity (Wildman–Crippen MR) is 134 cm³/mol. The van der Waals surface area contributed by atoms with Crippen molar-refractivity contribution in [1.82, 2.24) is 9.80 Å². The van der Waals surface area contributed by atoms with Crippen LogP contribution in [0.4, 0.5) is 11.4 Å². The van der Waals surface area contributed by atoms with Gasteiger partial charge in [0.05, 0.1) is 12.5 Å². The van der Waals surface area contributed by atoms with Crippen LogP contribution in [0.1, 0.15) is 30.0 Å². The summed E-state index contributed by atoms with van der Waals surface area (Å²) < 4.78 is 0. The monoisotopic (exact) mass is 462 g/mol. The number of carbonyl (C=O) groups excluding carboxylic acids is 3. The lowest BCUT2D eigenvalue weighted by molar-refractivity contribution is -0.137. The number of nitrogens with one attached hydrogen (secondary N) is 1. The van der Waals surface area contributed by atoms with Crippen molar-refractivity contribution in [2.75, 3.05) is 49.5 Å². The fourth-order valence-corrected chi connectivity index (χ4v) is 4.81. The van der Waals surface area contributed by atoms with E-state index in [0.29, 0.717) is 39.3 Å². The Labute approximate surface area is 201 Å². The zero-order valence-electron chi connectivity index (χ0n) is 20.3. The molecular formula is C27H34N4O3. The second-order valence-electron chi connectivity index (χ2n) is 9.34. The molecule has 3 amide bonds. The molecule has 0 radical (unpaired) electrons. The van der Waals surface area contributed by atoms with E-state index in [1.807, 2.05) is 61.2 Å². The van der Waals surface area contributed by atoms with E-state index >= 15 is 0 Å². The van der Waals surface area contributed by atoms with Crippen molar-refractivity contribution in [3.63, 3.8) is 0 Å². The van der Waals surface area contributed by atoms with Gasteiger partial charge in [0.25, 0.3) is 0 Å². The minimum atomic E-state index is -0.308. The Balaban J connectivity index is 1.27. The van der Waals surface area contributed by atoms with Crippen LogP contribution in [0.3, 0.4) is 0 Å². The maximum atomic E-state index is 13.1. The Morgan fingerprint density at radius 2 is 1.62 bits per heavy atom. The third-order valence-corrected chi connectivity index (χ3v) is 6.93. The summed E-state index contributed by atoms with van der Waals surface area (Å²) in [4.78, 5) is 44.0. The third kappa shape index (κ3) is 5.30. The van der Waals surface area contributed by atoms with Gasteiger partial charge in [0.1, 0.15) is 0 Å². The van der Waals surface area contributed by atoms with Crippen LogP contribution in [0.2, 0.25) is 0 Å². The summed E-state index contributed by atoms with van der Waals surface area (Å²) in [6, 6.07) is 14.0. The molecule has 2 aromatic carbocycles. The van der Waals surface area contributed by atoms with Gasteiger partial charge < -0.3 is 15.1 Å². The number of amides is 3. The molecule has 7 heteroatoms. The van der Waals surface area contributed by atoms with Gasteiger partial charge in [-0.3, -0.25) is 19.3 Å². The first kappa shape index (κ1) is 24.0. The summed E-state index contributed by atoms with van der Waals surface area (Å²) in [5.41, 5.74) is 5.05. The largest absolute Gasteiger partial charge is 0.340 e. The molecule has 2 heterocycles. The molecule has 1 unspecified atom stereocenters. The van der Waals surface area contributed by atoms with Crippen molar-refractivity contribution in [3.8, 4) is 0 Å². The maximum Gasteiger partial charge on any atom is 0.238 e. The molecule has 2 aromatic rings. The number of carbonyl (C=O) groups is 3. The van der Waals surface area contributed by atoms with Crippen molar-refractivity contribution in [2.45, 2.75) is 33.6 Å². The maximum absolute atomic E-state index is 13.1. The zero-order chi connectivity index (χ0) is 24.2. The average molecular weight is 463 g/mol. The first-order chi connectivity index (χ1) is 16.4. The summed E-state index contributed by atoms with van der Waals surface area (Å²) in [7, 11) is 0. The van der Waals surface area contributed by atoms with E-state index in [9.17, 15) is 14.4 Å². The van der Waals surface area contributed by atoms with Gasteiger partial charge in [0.2, 0.25) is 17.7 Å². The molecule has 1 atom stereocenters. The highest BCUT2D eigenvalue weighted by Gasteiger charge is 2.38. The molecule has 4 rings (SSSR count). The SMILES string of the molecule is CCc1ccc(N2CC(C(=O)N3CCN(CC(=O)Nc4c(C)cccc4C)CC3)CC2=O)cc1. The Morgan fingerprint density at radius 1 is 0.971 bits per heavy atom. The Kier molecular flexibility index (Phi) is 7.32. The van der Waals surface area contributed by atoms with Crippen LogP contribution in [0.5, 0.6) is 0 Å². The Bertz CT molecular complexity index is 1040. The molecule has 7 nitrogen and oxygen atoms in total. The molecule has 0 bridgehead atoms. The number of aryl methyl sites for hydroxylation is 3. The third-order valence-electron chi connectivity index (χ3n) is 6.93. The molecule has 0 saturated carbocycles. The van der Waals surface area contributed by atoms with Gasteiger partial charge in [-0.1, -0.05) is 37.3 Å². The van der Waals surface area contributed by atoms with E-state index in [0.717, 1.165) is 28.9 Å². The number of benzene rings is 2. The molecule has 2 fully saturated rings. The lowest BCUT2D eigenvalue weighted by Crippen LogP contribution is -2.52. The molecule has 0 aliphatic carbocycles. The lowest BCUT2D eigenvalue weighted by atomic mass is 10.1. The fourth-order valence-electron chi connectivity index (χ4n) is 4.81. The van der Waals surface area contributed by atoms with E-state index in [2.05, 4.69) is 17.1 Å². The van der Waals surface area contributed by atoms with Gasteiger partial charge >= 0.3 is 0 Å².